The molecule has 1 aliphatic heterocycles. The zero-order valence-corrected chi connectivity index (χ0v) is 11.1. The van der Waals surface area contributed by atoms with E-state index in [4.69, 9.17) is 5.73 Å². The molecule has 0 saturated carbocycles. The van der Waals surface area contributed by atoms with E-state index in [0.717, 1.165) is 17.0 Å². The highest BCUT2D eigenvalue weighted by molar-refractivity contribution is 5.79. The van der Waals surface area contributed by atoms with Crippen LogP contribution in [-0.4, -0.2) is 34.6 Å². The first-order valence-electron chi connectivity index (χ1n) is 6.58. The first-order valence-corrected chi connectivity index (χ1v) is 6.58. The van der Waals surface area contributed by atoms with E-state index in [1.54, 1.807) is 0 Å². The van der Waals surface area contributed by atoms with E-state index in [9.17, 15) is 0 Å². The lowest BCUT2D eigenvalue weighted by atomic mass is 10.0. The summed E-state index contributed by atoms with van der Waals surface area (Å²) in [6.07, 6.45) is 2.40. The van der Waals surface area contributed by atoms with Gasteiger partial charge in [-0.15, -0.1) is 0 Å². The number of aromatic nitrogens is 2. The molecule has 18 heavy (non-hydrogen) atoms. The number of nitrogen functional groups attached to an aromatic ring is 1. The Morgan fingerprint density at radius 3 is 2.72 bits per heavy atom. The fraction of sp³-hybridized carbons (Fsp3) is 0.500. The van der Waals surface area contributed by atoms with Crippen molar-refractivity contribution in [2.45, 2.75) is 25.8 Å². The van der Waals surface area contributed by atoms with Gasteiger partial charge in [-0.05, 0) is 58.1 Å². The summed E-state index contributed by atoms with van der Waals surface area (Å²) in [4.78, 5) is 7.03. The van der Waals surface area contributed by atoms with Gasteiger partial charge in [-0.1, -0.05) is 0 Å². The highest BCUT2D eigenvalue weighted by atomic mass is 15.2. The molecular formula is C14H20N4. The van der Waals surface area contributed by atoms with Gasteiger partial charge in [0.1, 0.15) is 5.82 Å². The molecule has 96 valence electrons. The molecule has 1 saturated heterocycles. The van der Waals surface area contributed by atoms with E-state index in [0.29, 0.717) is 6.04 Å². The lowest BCUT2D eigenvalue weighted by Gasteiger charge is -2.30. The molecule has 0 aliphatic carbocycles. The summed E-state index contributed by atoms with van der Waals surface area (Å²) < 4.78 is 2.39. The molecule has 0 unspecified atom stereocenters. The SMILES string of the molecule is Cc1nc2cc(N)ccc2n1C1CCN(C)CC1. The van der Waals surface area contributed by atoms with Crippen molar-refractivity contribution < 1.29 is 0 Å². The molecule has 0 radical (unpaired) electrons. The van der Waals surface area contributed by atoms with Crippen LogP contribution in [0.5, 0.6) is 0 Å². The van der Waals surface area contributed by atoms with Crippen LogP contribution in [0.2, 0.25) is 0 Å². The van der Waals surface area contributed by atoms with Crippen LogP contribution in [0, 0.1) is 6.92 Å². The fourth-order valence-corrected chi connectivity index (χ4v) is 2.95. The average molecular weight is 244 g/mol. The van der Waals surface area contributed by atoms with Gasteiger partial charge in [-0.2, -0.15) is 0 Å². The molecule has 4 heteroatoms. The van der Waals surface area contributed by atoms with Crippen LogP contribution in [0.1, 0.15) is 24.7 Å². The van der Waals surface area contributed by atoms with Gasteiger partial charge in [0.15, 0.2) is 0 Å². The van der Waals surface area contributed by atoms with Gasteiger partial charge < -0.3 is 15.2 Å². The molecule has 1 fully saturated rings. The predicted octanol–water partition coefficient (Wildman–Crippen LogP) is 2.19. The van der Waals surface area contributed by atoms with Crippen molar-refractivity contribution in [1.82, 2.24) is 14.5 Å². The number of hydrogen-bond acceptors (Lipinski definition) is 3. The number of anilines is 1. The smallest absolute Gasteiger partial charge is 0.106 e. The van der Waals surface area contributed by atoms with E-state index in [1.807, 2.05) is 12.1 Å². The van der Waals surface area contributed by atoms with Gasteiger partial charge in [0.2, 0.25) is 0 Å². The standard InChI is InChI=1S/C14H20N4/c1-10-16-13-9-11(15)3-4-14(13)18(10)12-5-7-17(2)8-6-12/h3-4,9,12H,5-8,15H2,1-2H3. The van der Waals surface area contributed by atoms with Crippen molar-refractivity contribution in [3.8, 4) is 0 Å². The van der Waals surface area contributed by atoms with Crippen LogP contribution in [0.25, 0.3) is 11.0 Å². The number of rotatable bonds is 1. The summed E-state index contributed by atoms with van der Waals surface area (Å²) >= 11 is 0. The predicted molar refractivity (Wildman–Crippen MR) is 74.7 cm³/mol. The van der Waals surface area contributed by atoms with Gasteiger partial charge in [-0.25, -0.2) is 4.98 Å². The second kappa shape index (κ2) is 4.28. The molecule has 0 spiro atoms. The van der Waals surface area contributed by atoms with Crippen molar-refractivity contribution in [2.75, 3.05) is 25.9 Å². The molecule has 4 nitrogen and oxygen atoms in total. The fourth-order valence-electron chi connectivity index (χ4n) is 2.95. The van der Waals surface area contributed by atoms with Crippen molar-refractivity contribution in [3.05, 3.63) is 24.0 Å². The van der Waals surface area contributed by atoms with Gasteiger partial charge in [0.05, 0.1) is 11.0 Å². The summed E-state index contributed by atoms with van der Waals surface area (Å²) in [5.74, 6) is 1.10. The van der Waals surface area contributed by atoms with Crippen LogP contribution < -0.4 is 5.73 Å². The summed E-state index contributed by atoms with van der Waals surface area (Å²) in [5, 5.41) is 0. The third-order valence-electron chi connectivity index (χ3n) is 3.94. The summed E-state index contributed by atoms with van der Waals surface area (Å²) in [7, 11) is 2.19. The first kappa shape index (κ1) is 11.5. The monoisotopic (exact) mass is 244 g/mol. The lowest BCUT2D eigenvalue weighted by molar-refractivity contribution is 0.222. The number of nitrogens with two attached hydrogens (primary N) is 1. The normalized spacial score (nSPS) is 18.6. The van der Waals surface area contributed by atoms with Crippen molar-refractivity contribution in [3.63, 3.8) is 0 Å². The minimum Gasteiger partial charge on any atom is -0.399 e. The van der Waals surface area contributed by atoms with E-state index >= 15 is 0 Å². The quantitative estimate of drug-likeness (QED) is 0.782. The van der Waals surface area contributed by atoms with Crippen molar-refractivity contribution in [1.29, 1.82) is 0 Å². The molecule has 0 bridgehead atoms. The molecule has 0 amide bonds. The minimum atomic E-state index is 0.579. The lowest BCUT2D eigenvalue weighted by Crippen LogP contribution is -2.31. The summed E-state index contributed by atoms with van der Waals surface area (Å²) in [6, 6.07) is 6.61. The molecule has 3 rings (SSSR count). The van der Waals surface area contributed by atoms with E-state index in [2.05, 4.69) is 34.5 Å². The van der Waals surface area contributed by atoms with Gasteiger partial charge in [0.25, 0.3) is 0 Å². The number of nitrogens with zero attached hydrogens (tertiary/aromatic N) is 3. The molecule has 0 atom stereocenters. The zero-order valence-electron chi connectivity index (χ0n) is 11.1. The molecule has 1 aromatic heterocycles. The number of hydrogen-bond donors (Lipinski definition) is 1. The number of aryl methyl sites for hydroxylation is 1. The van der Waals surface area contributed by atoms with Crippen LogP contribution in [-0.2, 0) is 0 Å². The molecule has 2 N–H and O–H groups in total. The maximum atomic E-state index is 5.82. The van der Waals surface area contributed by atoms with Crippen molar-refractivity contribution >= 4 is 16.7 Å². The van der Waals surface area contributed by atoms with Crippen LogP contribution in [0.15, 0.2) is 18.2 Å². The van der Waals surface area contributed by atoms with E-state index in [-0.39, 0.29) is 0 Å². The Bertz CT molecular complexity index is 564. The Morgan fingerprint density at radius 2 is 2.00 bits per heavy atom. The Labute approximate surface area is 107 Å². The number of fused-ring (bicyclic) bond motifs is 1. The molecule has 2 aromatic rings. The molecule has 1 aromatic carbocycles. The number of benzene rings is 1. The van der Waals surface area contributed by atoms with Crippen molar-refractivity contribution in [2.24, 2.45) is 0 Å². The maximum Gasteiger partial charge on any atom is 0.106 e. The van der Waals surface area contributed by atoms with E-state index < -0.39 is 0 Å². The summed E-state index contributed by atoms with van der Waals surface area (Å²) in [5.41, 5.74) is 8.85. The van der Waals surface area contributed by atoms with Crippen LogP contribution in [0.4, 0.5) is 5.69 Å². The average Bonchev–Trinajstić information content (AvgIpc) is 2.65. The Kier molecular flexibility index (Phi) is 2.74. The summed E-state index contributed by atoms with van der Waals surface area (Å²) in [6.45, 7) is 4.42. The second-order valence-electron chi connectivity index (χ2n) is 5.31. The Balaban J connectivity index is 2.03. The first-order chi connectivity index (χ1) is 8.65. The number of imidazole rings is 1. The highest BCUT2D eigenvalue weighted by Crippen LogP contribution is 2.28. The molecular weight excluding hydrogens is 224 g/mol. The zero-order chi connectivity index (χ0) is 12.7. The van der Waals surface area contributed by atoms with Gasteiger partial charge in [-0.3, -0.25) is 0 Å². The van der Waals surface area contributed by atoms with Crippen LogP contribution >= 0.6 is 0 Å². The Morgan fingerprint density at radius 1 is 1.28 bits per heavy atom. The second-order valence-corrected chi connectivity index (χ2v) is 5.31. The maximum absolute atomic E-state index is 5.82. The Hall–Kier alpha value is -1.55. The third kappa shape index (κ3) is 1.86. The molecule has 2 heterocycles. The topological polar surface area (TPSA) is 47.1 Å². The van der Waals surface area contributed by atoms with Crippen LogP contribution in [0.3, 0.4) is 0 Å². The molecule has 1 aliphatic rings. The van der Waals surface area contributed by atoms with E-state index in [1.165, 1.54) is 31.4 Å². The third-order valence-corrected chi connectivity index (χ3v) is 3.94. The highest BCUT2D eigenvalue weighted by Gasteiger charge is 2.21. The largest absolute Gasteiger partial charge is 0.399 e. The van der Waals surface area contributed by atoms with Gasteiger partial charge >= 0.3 is 0 Å². The minimum absolute atomic E-state index is 0.579. The number of likely N-dealkylation sites (tertiary alicyclic amines) is 1. The van der Waals surface area contributed by atoms with Gasteiger partial charge in [0, 0.05) is 11.7 Å². The number of piperidine rings is 1.